The molecule has 0 radical (unpaired) electrons. The lowest BCUT2D eigenvalue weighted by molar-refractivity contribution is 0.603. The van der Waals surface area contributed by atoms with Gasteiger partial charge < -0.3 is 5.73 Å². The lowest BCUT2D eigenvalue weighted by Crippen LogP contribution is -1.95. The quantitative estimate of drug-likeness (QED) is 0.827. The highest BCUT2D eigenvalue weighted by atomic mass is 15.3. The van der Waals surface area contributed by atoms with E-state index in [0.717, 1.165) is 24.1 Å². The number of nitrogens with zero attached hydrogens (tertiary/aromatic N) is 3. The molecule has 0 aliphatic heterocycles. The van der Waals surface area contributed by atoms with E-state index in [2.05, 4.69) is 17.0 Å². The van der Waals surface area contributed by atoms with Gasteiger partial charge in [-0.15, -0.1) is 0 Å². The molecule has 0 bridgehead atoms. The number of hydrogen-bond donors (Lipinski definition) is 1. The summed E-state index contributed by atoms with van der Waals surface area (Å²) in [5.74, 6) is 0.550. The summed E-state index contributed by atoms with van der Waals surface area (Å²) >= 11 is 0. The molecule has 78 valence electrons. The van der Waals surface area contributed by atoms with Crippen LogP contribution in [0.2, 0.25) is 0 Å². The zero-order valence-corrected chi connectivity index (χ0v) is 8.72. The maximum Gasteiger partial charge on any atom is 0.131 e. The van der Waals surface area contributed by atoms with Crippen LogP contribution in [0.25, 0.3) is 11.1 Å². The summed E-state index contributed by atoms with van der Waals surface area (Å²) in [4.78, 5) is 4.05. The van der Waals surface area contributed by atoms with E-state index in [0.29, 0.717) is 5.82 Å². The molecule has 2 rings (SSSR count). The van der Waals surface area contributed by atoms with Crippen molar-refractivity contribution in [2.75, 3.05) is 5.73 Å². The van der Waals surface area contributed by atoms with Gasteiger partial charge in [-0.2, -0.15) is 5.10 Å². The molecule has 4 heteroatoms. The molecule has 0 saturated carbocycles. The molecule has 0 saturated heterocycles. The Bertz CT molecular complexity index is 447. The molecule has 0 aromatic carbocycles. The molecule has 2 aromatic heterocycles. The van der Waals surface area contributed by atoms with Crippen LogP contribution in [-0.4, -0.2) is 14.8 Å². The first-order valence-corrected chi connectivity index (χ1v) is 5.04. The highest BCUT2D eigenvalue weighted by Crippen LogP contribution is 2.22. The molecular weight excluding hydrogens is 188 g/mol. The van der Waals surface area contributed by atoms with Gasteiger partial charge in [-0.25, -0.2) is 4.98 Å². The van der Waals surface area contributed by atoms with Crippen LogP contribution in [0, 0.1) is 0 Å². The second-order valence-corrected chi connectivity index (χ2v) is 3.43. The third-order valence-corrected chi connectivity index (χ3v) is 2.24. The molecule has 2 heterocycles. The van der Waals surface area contributed by atoms with Crippen molar-refractivity contribution in [3.8, 4) is 11.1 Å². The van der Waals surface area contributed by atoms with Crippen molar-refractivity contribution in [3.63, 3.8) is 0 Å². The fourth-order valence-electron chi connectivity index (χ4n) is 1.52. The van der Waals surface area contributed by atoms with E-state index in [9.17, 15) is 0 Å². The van der Waals surface area contributed by atoms with E-state index in [4.69, 9.17) is 5.73 Å². The Morgan fingerprint density at radius 2 is 2.33 bits per heavy atom. The number of nitrogen functional groups attached to an aromatic ring is 1. The fourth-order valence-corrected chi connectivity index (χ4v) is 1.52. The Morgan fingerprint density at radius 1 is 1.47 bits per heavy atom. The average molecular weight is 202 g/mol. The Labute approximate surface area is 88.8 Å². The summed E-state index contributed by atoms with van der Waals surface area (Å²) in [5, 5.41) is 4.26. The Hall–Kier alpha value is -1.84. The molecule has 4 nitrogen and oxygen atoms in total. The summed E-state index contributed by atoms with van der Waals surface area (Å²) in [6.45, 7) is 3.06. The van der Waals surface area contributed by atoms with Crippen molar-refractivity contribution >= 4 is 5.82 Å². The Kier molecular flexibility index (Phi) is 2.67. The number of rotatable bonds is 3. The molecule has 15 heavy (non-hydrogen) atoms. The van der Waals surface area contributed by atoms with E-state index >= 15 is 0 Å². The van der Waals surface area contributed by atoms with E-state index in [1.54, 1.807) is 6.20 Å². The van der Waals surface area contributed by atoms with Crippen LogP contribution in [0.5, 0.6) is 0 Å². The summed E-state index contributed by atoms with van der Waals surface area (Å²) in [5.41, 5.74) is 7.75. The van der Waals surface area contributed by atoms with Crippen LogP contribution in [0.4, 0.5) is 5.82 Å². The molecule has 0 atom stereocenters. The van der Waals surface area contributed by atoms with Gasteiger partial charge in [0, 0.05) is 30.1 Å². The molecule has 2 N–H and O–H groups in total. The van der Waals surface area contributed by atoms with Crippen LogP contribution in [0.15, 0.2) is 30.7 Å². The topological polar surface area (TPSA) is 56.7 Å². The number of anilines is 1. The van der Waals surface area contributed by atoms with Crippen molar-refractivity contribution in [3.05, 3.63) is 30.7 Å². The highest BCUT2D eigenvalue weighted by molar-refractivity contribution is 5.72. The molecule has 0 aliphatic carbocycles. The molecule has 0 spiro atoms. The minimum Gasteiger partial charge on any atom is -0.383 e. The van der Waals surface area contributed by atoms with Gasteiger partial charge in [0.1, 0.15) is 5.82 Å². The zero-order valence-electron chi connectivity index (χ0n) is 8.72. The van der Waals surface area contributed by atoms with Gasteiger partial charge in [-0.3, -0.25) is 4.68 Å². The van der Waals surface area contributed by atoms with Crippen molar-refractivity contribution < 1.29 is 0 Å². The van der Waals surface area contributed by atoms with Crippen LogP contribution in [-0.2, 0) is 6.54 Å². The molecule has 0 amide bonds. The molecule has 2 aromatic rings. The standard InChI is InChI=1S/C11H14N4/c1-2-6-15-8-9(7-14-15)10-4-3-5-13-11(10)12/h3-5,7-8H,2,6H2,1H3,(H2,12,13). The van der Waals surface area contributed by atoms with Gasteiger partial charge in [0.25, 0.3) is 0 Å². The number of pyridine rings is 1. The predicted octanol–water partition coefficient (Wildman–Crippen LogP) is 1.94. The van der Waals surface area contributed by atoms with E-state index in [-0.39, 0.29) is 0 Å². The molecule has 0 unspecified atom stereocenters. The van der Waals surface area contributed by atoms with Gasteiger partial charge >= 0.3 is 0 Å². The van der Waals surface area contributed by atoms with E-state index in [1.165, 1.54) is 0 Å². The first-order valence-electron chi connectivity index (χ1n) is 5.04. The first-order chi connectivity index (χ1) is 7.31. The summed E-state index contributed by atoms with van der Waals surface area (Å²) in [7, 11) is 0. The van der Waals surface area contributed by atoms with Crippen LogP contribution in [0.3, 0.4) is 0 Å². The SMILES string of the molecule is CCCn1cc(-c2cccnc2N)cn1. The normalized spacial score (nSPS) is 10.5. The number of aryl methyl sites for hydroxylation is 1. The monoisotopic (exact) mass is 202 g/mol. The van der Waals surface area contributed by atoms with Crippen LogP contribution >= 0.6 is 0 Å². The molecular formula is C11H14N4. The fraction of sp³-hybridized carbons (Fsp3) is 0.273. The second-order valence-electron chi connectivity index (χ2n) is 3.43. The zero-order chi connectivity index (χ0) is 10.7. The maximum atomic E-state index is 5.79. The van der Waals surface area contributed by atoms with Gasteiger partial charge in [0.05, 0.1) is 6.20 Å². The van der Waals surface area contributed by atoms with Gasteiger partial charge in [-0.1, -0.05) is 6.92 Å². The largest absolute Gasteiger partial charge is 0.383 e. The van der Waals surface area contributed by atoms with Crippen molar-refractivity contribution in [2.24, 2.45) is 0 Å². The van der Waals surface area contributed by atoms with E-state index in [1.807, 2.05) is 29.2 Å². The predicted molar refractivity (Wildman–Crippen MR) is 60.2 cm³/mol. The highest BCUT2D eigenvalue weighted by Gasteiger charge is 2.04. The van der Waals surface area contributed by atoms with Crippen molar-refractivity contribution in [1.82, 2.24) is 14.8 Å². The minimum absolute atomic E-state index is 0.550. The van der Waals surface area contributed by atoms with Crippen LogP contribution < -0.4 is 5.73 Å². The minimum atomic E-state index is 0.550. The van der Waals surface area contributed by atoms with Crippen LogP contribution in [0.1, 0.15) is 13.3 Å². The van der Waals surface area contributed by atoms with E-state index < -0.39 is 0 Å². The Morgan fingerprint density at radius 3 is 3.07 bits per heavy atom. The Balaban J connectivity index is 2.33. The van der Waals surface area contributed by atoms with Gasteiger partial charge in [-0.05, 0) is 18.6 Å². The number of aromatic nitrogens is 3. The lowest BCUT2D eigenvalue weighted by atomic mass is 10.1. The lowest BCUT2D eigenvalue weighted by Gasteiger charge is -2.00. The summed E-state index contributed by atoms with van der Waals surface area (Å²) in [6.07, 6.45) is 6.58. The van der Waals surface area contributed by atoms with Crippen molar-refractivity contribution in [1.29, 1.82) is 0 Å². The molecule has 0 fully saturated rings. The summed E-state index contributed by atoms with van der Waals surface area (Å²) < 4.78 is 1.92. The van der Waals surface area contributed by atoms with Gasteiger partial charge in [0.15, 0.2) is 0 Å². The first kappa shape index (κ1) is 9.71. The summed E-state index contributed by atoms with van der Waals surface area (Å²) in [6, 6.07) is 3.83. The second kappa shape index (κ2) is 4.13. The third kappa shape index (κ3) is 1.98. The number of nitrogens with two attached hydrogens (primary N) is 1. The maximum absolute atomic E-state index is 5.79. The van der Waals surface area contributed by atoms with Crippen molar-refractivity contribution in [2.45, 2.75) is 19.9 Å². The van der Waals surface area contributed by atoms with Gasteiger partial charge in [0.2, 0.25) is 0 Å². The smallest absolute Gasteiger partial charge is 0.131 e. The number of hydrogen-bond acceptors (Lipinski definition) is 3. The third-order valence-electron chi connectivity index (χ3n) is 2.24. The average Bonchev–Trinajstić information content (AvgIpc) is 2.68. The molecule has 0 aliphatic rings.